The van der Waals surface area contributed by atoms with Gasteiger partial charge in [-0.2, -0.15) is 0 Å². The molecule has 1 heterocycles. The van der Waals surface area contributed by atoms with Crippen LogP contribution in [0.3, 0.4) is 0 Å². The third kappa shape index (κ3) is 2.31. The van der Waals surface area contributed by atoms with Gasteiger partial charge in [-0.1, -0.05) is 32.0 Å². The molecule has 1 aromatic heterocycles. The van der Waals surface area contributed by atoms with Crippen molar-refractivity contribution in [2.24, 2.45) is 18.2 Å². The Labute approximate surface area is 107 Å². The standard InChI is InChI=1S/C15H20N2O/c1-15(2,10-16)9-12-8-11-6-4-5-7-13(11)17(3)14(12)18/h4-8H,9-10,16H2,1-3H3. The van der Waals surface area contributed by atoms with Crippen molar-refractivity contribution in [1.29, 1.82) is 0 Å². The lowest BCUT2D eigenvalue weighted by molar-refractivity contribution is 0.375. The molecule has 0 aliphatic rings. The molecule has 0 aliphatic carbocycles. The molecule has 0 spiro atoms. The average Bonchev–Trinajstić information content (AvgIpc) is 2.35. The Kier molecular flexibility index (Phi) is 3.26. The van der Waals surface area contributed by atoms with Gasteiger partial charge in [-0.25, -0.2) is 0 Å². The molecule has 0 aliphatic heterocycles. The second kappa shape index (κ2) is 4.58. The topological polar surface area (TPSA) is 48.0 Å². The summed E-state index contributed by atoms with van der Waals surface area (Å²) in [4.78, 5) is 12.3. The molecule has 2 rings (SSSR count). The van der Waals surface area contributed by atoms with Crippen molar-refractivity contribution in [3.63, 3.8) is 0 Å². The third-order valence-corrected chi connectivity index (χ3v) is 3.43. The van der Waals surface area contributed by atoms with Gasteiger partial charge in [0, 0.05) is 12.6 Å². The lowest BCUT2D eigenvalue weighted by Crippen LogP contribution is -2.30. The number of nitrogens with zero attached hydrogens (tertiary/aromatic N) is 1. The Balaban J connectivity index is 2.59. The minimum Gasteiger partial charge on any atom is -0.330 e. The Morgan fingerprint density at radius 1 is 1.28 bits per heavy atom. The summed E-state index contributed by atoms with van der Waals surface area (Å²) in [7, 11) is 1.82. The summed E-state index contributed by atoms with van der Waals surface area (Å²) >= 11 is 0. The van der Waals surface area contributed by atoms with E-state index in [2.05, 4.69) is 13.8 Å². The fraction of sp³-hybridized carbons (Fsp3) is 0.400. The smallest absolute Gasteiger partial charge is 0.253 e. The van der Waals surface area contributed by atoms with Gasteiger partial charge in [0.05, 0.1) is 5.52 Å². The molecule has 0 atom stereocenters. The summed E-state index contributed by atoms with van der Waals surface area (Å²) in [6.45, 7) is 4.74. The van der Waals surface area contributed by atoms with Crippen LogP contribution in [0.1, 0.15) is 19.4 Å². The summed E-state index contributed by atoms with van der Waals surface area (Å²) in [5, 5.41) is 1.10. The number of aryl methyl sites for hydroxylation is 1. The number of para-hydroxylation sites is 1. The van der Waals surface area contributed by atoms with Gasteiger partial charge in [-0.05, 0) is 35.9 Å². The molecule has 0 saturated heterocycles. The SMILES string of the molecule is Cn1c(=O)c(CC(C)(C)CN)cc2ccccc21. The number of hydrogen-bond donors (Lipinski definition) is 1. The molecule has 0 radical (unpaired) electrons. The number of benzene rings is 1. The van der Waals surface area contributed by atoms with Crippen LogP contribution in [0, 0.1) is 5.41 Å². The fourth-order valence-electron chi connectivity index (χ4n) is 2.20. The second-order valence-electron chi connectivity index (χ2n) is 5.64. The van der Waals surface area contributed by atoms with Crippen LogP contribution in [0.25, 0.3) is 10.9 Å². The highest BCUT2D eigenvalue weighted by Gasteiger charge is 2.19. The van der Waals surface area contributed by atoms with E-state index in [1.807, 2.05) is 37.4 Å². The zero-order chi connectivity index (χ0) is 13.3. The third-order valence-electron chi connectivity index (χ3n) is 3.43. The van der Waals surface area contributed by atoms with Crippen LogP contribution < -0.4 is 11.3 Å². The van der Waals surface area contributed by atoms with Crippen molar-refractivity contribution in [1.82, 2.24) is 4.57 Å². The van der Waals surface area contributed by atoms with Gasteiger partial charge in [0.2, 0.25) is 0 Å². The van der Waals surface area contributed by atoms with E-state index < -0.39 is 0 Å². The van der Waals surface area contributed by atoms with Crippen molar-refractivity contribution in [3.8, 4) is 0 Å². The molecule has 2 N–H and O–H groups in total. The largest absolute Gasteiger partial charge is 0.330 e. The lowest BCUT2D eigenvalue weighted by Gasteiger charge is -2.22. The first-order valence-electron chi connectivity index (χ1n) is 6.22. The maximum Gasteiger partial charge on any atom is 0.253 e. The molecule has 0 fully saturated rings. The summed E-state index contributed by atoms with van der Waals surface area (Å²) < 4.78 is 1.72. The number of fused-ring (bicyclic) bond motifs is 1. The number of hydrogen-bond acceptors (Lipinski definition) is 2. The maximum absolute atomic E-state index is 12.3. The first-order chi connectivity index (χ1) is 8.44. The van der Waals surface area contributed by atoms with Gasteiger partial charge in [-0.15, -0.1) is 0 Å². The molecular formula is C15H20N2O. The van der Waals surface area contributed by atoms with Crippen LogP contribution in [0.2, 0.25) is 0 Å². The molecule has 3 nitrogen and oxygen atoms in total. The zero-order valence-corrected chi connectivity index (χ0v) is 11.2. The quantitative estimate of drug-likeness (QED) is 0.898. The second-order valence-corrected chi connectivity index (χ2v) is 5.64. The fourth-order valence-corrected chi connectivity index (χ4v) is 2.20. The predicted molar refractivity (Wildman–Crippen MR) is 75.7 cm³/mol. The van der Waals surface area contributed by atoms with Crippen LogP contribution in [0.4, 0.5) is 0 Å². The van der Waals surface area contributed by atoms with Crippen LogP contribution in [0.15, 0.2) is 35.1 Å². The van der Waals surface area contributed by atoms with Crippen molar-refractivity contribution in [2.45, 2.75) is 20.3 Å². The Morgan fingerprint density at radius 2 is 1.94 bits per heavy atom. The molecule has 0 amide bonds. The minimum absolute atomic E-state index is 0.0470. The number of rotatable bonds is 3. The number of pyridine rings is 1. The predicted octanol–water partition coefficient (Wildman–Crippen LogP) is 2.07. The highest BCUT2D eigenvalue weighted by molar-refractivity contribution is 5.79. The molecule has 18 heavy (non-hydrogen) atoms. The van der Waals surface area contributed by atoms with E-state index in [9.17, 15) is 4.79 Å². The van der Waals surface area contributed by atoms with Crippen molar-refractivity contribution in [2.75, 3.05) is 6.54 Å². The van der Waals surface area contributed by atoms with Gasteiger partial charge in [0.25, 0.3) is 5.56 Å². The van der Waals surface area contributed by atoms with E-state index in [1.165, 1.54) is 0 Å². The van der Waals surface area contributed by atoms with Gasteiger partial charge in [0.1, 0.15) is 0 Å². The minimum atomic E-state index is -0.0470. The van der Waals surface area contributed by atoms with Crippen molar-refractivity contribution in [3.05, 3.63) is 46.2 Å². The molecule has 2 aromatic rings. The molecule has 0 bridgehead atoms. The molecular weight excluding hydrogens is 224 g/mol. The van der Waals surface area contributed by atoms with Crippen LogP contribution in [-0.4, -0.2) is 11.1 Å². The van der Waals surface area contributed by atoms with Crippen LogP contribution in [0.5, 0.6) is 0 Å². The van der Waals surface area contributed by atoms with Gasteiger partial charge < -0.3 is 10.3 Å². The van der Waals surface area contributed by atoms with Gasteiger partial charge in [0.15, 0.2) is 0 Å². The lowest BCUT2D eigenvalue weighted by atomic mass is 9.86. The van der Waals surface area contributed by atoms with Crippen molar-refractivity contribution >= 4 is 10.9 Å². The first kappa shape index (κ1) is 12.8. The Bertz CT molecular complexity index is 626. The van der Waals surface area contributed by atoms with E-state index in [4.69, 9.17) is 5.73 Å². The monoisotopic (exact) mass is 244 g/mol. The summed E-state index contributed by atoms with van der Waals surface area (Å²) in [5.74, 6) is 0. The van der Waals surface area contributed by atoms with Crippen LogP contribution in [-0.2, 0) is 13.5 Å². The van der Waals surface area contributed by atoms with Crippen molar-refractivity contribution < 1.29 is 0 Å². The number of aromatic nitrogens is 1. The highest BCUT2D eigenvalue weighted by Crippen LogP contribution is 2.20. The number of nitrogens with two attached hydrogens (primary N) is 1. The summed E-state index contributed by atoms with van der Waals surface area (Å²) in [6, 6.07) is 9.94. The molecule has 3 heteroatoms. The van der Waals surface area contributed by atoms with Crippen LogP contribution >= 0.6 is 0 Å². The molecule has 0 unspecified atom stereocenters. The molecule has 1 aromatic carbocycles. The average molecular weight is 244 g/mol. The van der Waals surface area contributed by atoms with Gasteiger partial charge >= 0.3 is 0 Å². The van der Waals surface area contributed by atoms with E-state index in [0.29, 0.717) is 13.0 Å². The Morgan fingerprint density at radius 3 is 2.61 bits per heavy atom. The summed E-state index contributed by atoms with van der Waals surface area (Å²) in [6.07, 6.45) is 0.709. The Hall–Kier alpha value is -1.61. The highest BCUT2D eigenvalue weighted by atomic mass is 16.1. The first-order valence-corrected chi connectivity index (χ1v) is 6.22. The zero-order valence-electron chi connectivity index (χ0n) is 11.2. The maximum atomic E-state index is 12.3. The van der Waals surface area contributed by atoms with E-state index in [0.717, 1.165) is 16.5 Å². The van der Waals surface area contributed by atoms with Gasteiger partial charge in [-0.3, -0.25) is 4.79 Å². The van der Waals surface area contributed by atoms with E-state index in [1.54, 1.807) is 4.57 Å². The van der Waals surface area contributed by atoms with E-state index >= 15 is 0 Å². The normalized spacial score (nSPS) is 12.0. The molecule has 0 saturated carbocycles. The summed E-state index contributed by atoms with van der Waals surface area (Å²) in [5.41, 5.74) is 7.59. The molecule has 96 valence electrons. The van der Waals surface area contributed by atoms with E-state index in [-0.39, 0.29) is 11.0 Å².